The molecule has 1 rings (SSSR count). The number of rotatable bonds is 8. The van der Waals surface area contributed by atoms with Crippen LogP contribution in [0.2, 0.25) is 0 Å². The summed E-state index contributed by atoms with van der Waals surface area (Å²) in [6.07, 6.45) is 5.58. The van der Waals surface area contributed by atoms with Crippen LogP contribution >= 0.6 is 15.9 Å². The number of halogens is 1. The first-order chi connectivity index (χ1) is 9.58. The van der Waals surface area contributed by atoms with E-state index in [1.807, 2.05) is 31.0 Å². The van der Waals surface area contributed by atoms with Crippen LogP contribution in [0.15, 0.2) is 28.2 Å². The van der Waals surface area contributed by atoms with E-state index in [0.717, 1.165) is 35.2 Å². The van der Waals surface area contributed by atoms with Gasteiger partial charge in [0.25, 0.3) is 0 Å². The highest BCUT2D eigenvalue weighted by Gasteiger charge is 2.08. The molecule has 20 heavy (non-hydrogen) atoms. The van der Waals surface area contributed by atoms with E-state index < -0.39 is 0 Å². The molecule has 0 amide bonds. The fourth-order valence-electron chi connectivity index (χ4n) is 1.42. The van der Waals surface area contributed by atoms with E-state index in [-0.39, 0.29) is 0 Å². The summed E-state index contributed by atoms with van der Waals surface area (Å²) in [6, 6.07) is 1.94. The third-order valence-electron chi connectivity index (χ3n) is 2.79. The minimum absolute atomic E-state index is 0.620. The zero-order valence-corrected chi connectivity index (χ0v) is 14.0. The van der Waals surface area contributed by atoms with Gasteiger partial charge >= 0.3 is 0 Å². The molecular formula is C15H22BrN3O. The Kier molecular flexibility index (Phi) is 7.30. The van der Waals surface area contributed by atoms with Crippen LogP contribution < -0.4 is 4.74 Å². The van der Waals surface area contributed by atoms with E-state index >= 15 is 0 Å². The van der Waals surface area contributed by atoms with Gasteiger partial charge in [0.05, 0.1) is 28.8 Å². The van der Waals surface area contributed by atoms with Crippen LogP contribution in [0.4, 0.5) is 5.69 Å². The zero-order chi connectivity index (χ0) is 15.0. The number of nitrogens with zero attached hydrogens (tertiary/aromatic N) is 3. The first-order valence-electron chi connectivity index (χ1n) is 6.73. The Morgan fingerprint density at radius 3 is 2.95 bits per heavy atom. The molecule has 5 heteroatoms. The van der Waals surface area contributed by atoms with Crippen molar-refractivity contribution in [1.82, 2.24) is 9.88 Å². The molecule has 0 aliphatic heterocycles. The maximum atomic E-state index is 5.65. The molecule has 0 saturated heterocycles. The number of hydrogen-bond donors (Lipinski definition) is 0. The monoisotopic (exact) mass is 339 g/mol. The first-order valence-corrected chi connectivity index (χ1v) is 7.53. The van der Waals surface area contributed by atoms with Crippen LogP contribution in [-0.4, -0.2) is 36.4 Å². The lowest BCUT2D eigenvalue weighted by Gasteiger charge is -2.11. The van der Waals surface area contributed by atoms with Crippen LogP contribution in [0.25, 0.3) is 0 Å². The standard InChI is InChI=1S/C15H22BrN3O/c1-5-7-8-9-20-15-13(16)10-14(12(3)18-15)17-11-19(4)6-2/h5,10-11H,1,6-9H2,2-4H3. The predicted molar refractivity (Wildman–Crippen MR) is 88.1 cm³/mol. The summed E-state index contributed by atoms with van der Waals surface area (Å²) in [7, 11) is 1.98. The number of unbranched alkanes of at least 4 members (excludes halogenated alkanes) is 1. The van der Waals surface area contributed by atoms with Gasteiger partial charge in [0.2, 0.25) is 5.88 Å². The van der Waals surface area contributed by atoms with Crippen molar-refractivity contribution >= 4 is 28.0 Å². The van der Waals surface area contributed by atoms with Crippen molar-refractivity contribution in [3.63, 3.8) is 0 Å². The second-order valence-electron chi connectivity index (χ2n) is 4.48. The van der Waals surface area contributed by atoms with Gasteiger partial charge in [0.15, 0.2) is 0 Å². The summed E-state index contributed by atoms with van der Waals surface area (Å²) < 4.78 is 6.48. The molecule has 0 aromatic carbocycles. The minimum atomic E-state index is 0.620. The molecule has 0 saturated carbocycles. The minimum Gasteiger partial charge on any atom is -0.477 e. The van der Waals surface area contributed by atoms with Gasteiger partial charge in [-0.3, -0.25) is 0 Å². The van der Waals surface area contributed by atoms with Gasteiger partial charge in [-0.2, -0.15) is 0 Å². The largest absolute Gasteiger partial charge is 0.477 e. The Labute approximate surface area is 129 Å². The third kappa shape index (κ3) is 5.33. The van der Waals surface area contributed by atoms with E-state index in [4.69, 9.17) is 4.74 Å². The van der Waals surface area contributed by atoms with Gasteiger partial charge in [0.1, 0.15) is 0 Å². The van der Waals surface area contributed by atoms with E-state index in [0.29, 0.717) is 12.5 Å². The molecule has 0 aliphatic rings. The fourth-order valence-corrected chi connectivity index (χ4v) is 1.84. The summed E-state index contributed by atoms with van der Waals surface area (Å²) >= 11 is 3.48. The number of ether oxygens (including phenoxy) is 1. The average Bonchev–Trinajstić information content (AvgIpc) is 2.44. The number of pyridine rings is 1. The highest BCUT2D eigenvalue weighted by atomic mass is 79.9. The van der Waals surface area contributed by atoms with Crippen LogP contribution in [0, 0.1) is 6.92 Å². The molecule has 0 aliphatic carbocycles. The van der Waals surface area contributed by atoms with Crippen LogP contribution in [0.1, 0.15) is 25.5 Å². The SMILES string of the molecule is C=CCCCOc1nc(C)c(N=CN(C)CC)cc1Br. The molecule has 1 heterocycles. The van der Waals surface area contributed by atoms with Crippen molar-refractivity contribution in [1.29, 1.82) is 0 Å². The predicted octanol–water partition coefficient (Wildman–Crippen LogP) is 4.11. The lowest BCUT2D eigenvalue weighted by atomic mass is 10.3. The normalized spacial score (nSPS) is 10.8. The smallest absolute Gasteiger partial charge is 0.228 e. The van der Waals surface area contributed by atoms with Gasteiger partial charge < -0.3 is 9.64 Å². The fraction of sp³-hybridized carbons (Fsp3) is 0.467. The van der Waals surface area contributed by atoms with Crippen LogP contribution in [-0.2, 0) is 0 Å². The molecule has 1 aromatic heterocycles. The van der Waals surface area contributed by atoms with Crippen molar-refractivity contribution in [3.05, 3.63) is 28.9 Å². The lowest BCUT2D eigenvalue weighted by molar-refractivity contribution is 0.298. The summed E-state index contributed by atoms with van der Waals surface area (Å²) in [6.45, 7) is 9.25. The molecule has 0 atom stereocenters. The highest BCUT2D eigenvalue weighted by molar-refractivity contribution is 9.10. The van der Waals surface area contributed by atoms with E-state index in [1.54, 1.807) is 6.34 Å². The molecule has 0 radical (unpaired) electrons. The topological polar surface area (TPSA) is 37.7 Å². The summed E-state index contributed by atoms with van der Waals surface area (Å²) in [4.78, 5) is 10.9. The average molecular weight is 340 g/mol. The Hall–Kier alpha value is -1.36. The molecule has 1 aromatic rings. The number of aryl methyl sites for hydroxylation is 1. The van der Waals surface area contributed by atoms with Crippen molar-refractivity contribution in [2.24, 2.45) is 4.99 Å². The Bertz CT molecular complexity index is 474. The van der Waals surface area contributed by atoms with Crippen molar-refractivity contribution in [2.45, 2.75) is 26.7 Å². The van der Waals surface area contributed by atoms with Crippen molar-refractivity contribution in [3.8, 4) is 5.88 Å². The molecule has 0 fully saturated rings. The van der Waals surface area contributed by atoms with E-state index in [9.17, 15) is 0 Å². The number of aliphatic imine (C=N–C) groups is 1. The van der Waals surface area contributed by atoms with Gasteiger partial charge in [-0.1, -0.05) is 6.08 Å². The quantitative estimate of drug-likeness (QED) is 0.309. The zero-order valence-electron chi connectivity index (χ0n) is 12.4. The molecule has 0 N–H and O–H groups in total. The summed E-state index contributed by atoms with van der Waals surface area (Å²) in [5.74, 6) is 0.620. The Morgan fingerprint density at radius 1 is 1.55 bits per heavy atom. The third-order valence-corrected chi connectivity index (χ3v) is 3.36. The molecule has 0 spiro atoms. The van der Waals surface area contributed by atoms with Crippen molar-refractivity contribution in [2.75, 3.05) is 20.2 Å². The molecule has 0 bridgehead atoms. The molecule has 110 valence electrons. The maximum Gasteiger partial charge on any atom is 0.228 e. The summed E-state index contributed by atoms with van der Waals surface area (Å²) in [5, 5.41) is 0. The van der Waals surface area contributed by atoms with E-state index in [1.165, 1.54) is 0 Å². The lowest BCUT2D eigenvalue weighted by Crippen LogP contribution is -2.14. The van der Waals surface area contributed by atoms with Gasteiger partial charge in [0, 0.05) is 13.6 Å². The Morgan fingerprint density at radius 2 is 2.30 bits per heavy atom. The van der Waals surface area contributed by atoms with Gasteiger partial charge in [-0.15, -0.1) is 6.58 Å². The maximum absolute atomic E-state index is 5.65. The van der Waals surface area contributed by atoms with Crippen LogP contribution in [0.5, 0.6) is 5.88 Å². The second kappa shape index (κ2) is 8.74. The first kappa shape index (κ1) is 16.7. The number of hydrogen-bond acceptors (Lipinski definition) is 3. The van der Waals surface area contributed by atoms with Crippen LogP contribution in [0.3, 0.4) is 0 Å². The van der Waals surface area contributed by atoms with E-state index in [2.05, 4.69) is 39.4 Å². The number of aromatic nitrogens is 1. The van der Waals surface area contributed by atoms with Crippen molar-refractivity contribution < 1.29 is 4.74 Å². The molecule has 0 unspecified atom stereocenters. The second-order valence-corrected chi connectivity index (χ2v) is 5.33. The molecular weight excluding hydrogens is 318 g/mol. The summed E-state index contributed by atoms with van der Waals surface area (Å²) in [5.41, 5.74) is 1.70. The highest BCUT2D eigenvalue weighted by Crippen LogP contribution is 2.29. The molecule has 4 nitrogen and oxygen atoms in total. The van der Waals surface area contributed by atoms with Gasteiger partial charge in [-0.25, -0.2) is 9.98 Å². The Balaban J connectivity index is 2.75. The van der Waals surface area contributed by atoms with Gasteiger partial charge in [-0.05, 0) is 48.7 Å². The number of allylic oxidation sites excluding steroid dienone is 1.